The molecule has 17 heavy (non-hydrogen) atoms. The normalized spacial score (nSPS) is 10.3. The molecule has 3 nitrogen and oxygen atoms in total. The largest absolute Gasteiger partial charge is 0.496 e. The lowest BCUT2D eigenvalue weighted by atomic mass is 10.1. The second kappa shape index (κ2) is 5.17. The van der Waals surface area contributed by atoms with Crippen LogP contribution in [-0.4, -0.2) is 12.1 Å². The number of hydrogen-bond donors (Lipinski definition) is 1. The minimum absolute atomic E-state index is 0.435. The van der Waals surface area contributed by atoms with Gasteiger partial charge in [0, 0.05) is 12.1 Å². The van der Waals surface area contributed by atoms with Crippen molar-refractivity contribution in [1.82, 2.24) is 4.98 Å². The fourth-order valence-electron chi connectivity index (χ4n) is 1.66. The van der Waals surface area contributed by atoms with Gasteiger partial charge >= 0.3 is 0 Å². The monoisotopic (exact) mass is 248 g/mol. The van der Waals surface area contributed by atoms with Crippen molar-refractivity contribution in [2.24, 2.45) is 5.73 Å². The SMILES string of the molecule is COc1ccccc1-c1cc(CN)cc(Cl)n1. The predicted octanol–water partition coefficient (Wildman–Crippen LogP) is 2.87. The van der Waals surface area contributed by atoms with Gasteiger partial charge in [-0.3, -0.25) is 0 Å². The number of halogens is 1. The molecule has 0 radical (unpaired) electrons. The quantitative estimate of drug-likeness (QED) is 0.850. The maximum absolute atomic E-state index is 5.97. The molecule has 0 bridgehead atoms. The zero-order valence-electron chi connectivity index (χ0n) is 9.48. The summed E-state index contributed by atoms with van der Waals surface area (Å²) >= 11 is 5.97. The van der Waals surface area contributed by atoms with E-state index in [4.69, 9.17) is 22.1 Å². The zero-order valence-corrected chi connectivity index (χ0v) is 10.2. The third kappa shape index (κ3) is 2.57. The number of aromatic nitrogens is 1. The first-order chi connectivity index (χ1) is 8.24. The van der Waals surface area contributed by atoms with Gasteiger partial charge in [0.25, 0.3) is 0 Å². The number of rotatable bonds is 3. The van der Waals surface area contributed by atoms with Gasteiger partial charge in [0.05, 0.1) is 12.8 Å². The zero-order chi connectivity index (χ0) is 12.3. The van der Waals surface area contributed by atoms with Crippen molar-refractivity contribution in [2.75, 3.05) is 7.11 Å². The van der Waals surface area contributed by atoms with E-state index in [0.29, 0.717) is 11.7 Å². The third-order valence-corrected chi connectivity index (χ3v) is 2.67. The Kier molecular flexibility index (Phi) is 3.61. The van der Waals surface area contributed by atoms with Gasteiger partial charge in [0.15, 0.2) is 0 Å². The van der Waals surface area contributed by atoms with E-state index < -0.39 is 0 Å². The number of nitrogens with zero attached hydrogens (tertiary/aromatic N) is 1. The summed E-state index contributed by atoms with van der Waals surface area (Å²) < 4.78 is 5.30. The van der Waals surface area contributed by atoms with E-state index in [9.17, 15) is 0 Å². The summed E-state index contributed by atoms with van der Waals surface area (Å²) in [7, 11) is 1.63. The van der Waals surface area contributed by atoms with E-state index in [0.717, 1.165) is 22.6 Å². The van der Waals surface area contributed by atoms with Gasteiger partial charge in [-0.15, -0.1) is 0 Å². The van der Waals surface area contributed by atoms with E-state index in [2.05, 4.69) is 4.98 Å². The molecule has 0 amide bonds. The van der Waals surface area contributed by atoms with E-state index in [1.54, 1.807) is 13.2 Å². The molecule has 0 aliphatic heterocycles. The molecule has 0 spiro atoms. The Balaban J connectivity index is 2.55. The van der Waals surface area contributed by atoms with Crippen molar-refractivity contribution >= 4 is 11.6 Å². The predicted molar refractivity (Wildman–Crippen MR) is 69.1 cm³/mol. The lowest BCUT2D eigenvalue weighted by molar-refractivity contribution is 0.416. The summed E-state index contributed by atoms with van der Waals surface area (Å²) in [5, 5.41) is 0.439. The summed E-state index contributed by atoms with van der Waals surface area (Å²) in [5.41, 5.74) is 8.25. The van der Waals surface area contributed by atoms with Gasteiger partial charge in [-0.25, -0.2) is 4.98 Å². The van der Waals surface area contributed by atoms with Crippen LogP contribution in [0.3, 0.4) is 0 Å². The Bertz CT molecular complexity index is 529. The molecule has 0 unspecified atom stereocenters. The van der Waals surface area contributed by atoms with Crippen LogP contribution in [0.2, 0.25) is 5.15 Å². The number of para-hydroxylation sites is 1. The molecular weight excluding hydrogens is 236 g/mol. The summed E-state index contributed by atoms with van der Waals surface area (Å²) in [4.78, 5) is 4.29. The van der Waals surface area contributed by atoms with E-state index in [1.165, 1.54) is 0 Å². The van der Waals surface area contributed by atoms with E-state index >= 15 is 0 Å². The van der Waals surface area contributed by atoms with Crippen molar-refractivity contribution < 1.29 is 4.74 Å². The van der Waals surface area contributed by atoms with Gasteiger partial charge in [-0.2, -0.15) is 0 Å². The average molecular weight is 249 g/mol. The van der Waals surface area contributed by atoms with Crippen LogP contribution in [0, 0.1) is 0 Å². The minimum Gasteiger partial charge on any atom is -0.496 e. The maximum atomic E-state index is 5.97. The highest BCUT2D eigenvalue weighted by Gasteiger charge is 2.08. The number of benzene rings is 1. The molecule has 2 N–H and O–H groups in total. The fourth-order valence-corrected chi connectivity index (χ4v) is 1.89. The first kappa shape index (κ1) is 11.9. The Morgan fingerprint density at radius 1 is 1.29 bits per heavy atom. The lowest BCUT2D eigenvalue weighted by Crippen LogP contribution is -1.98. The van der Waals surface area contributed by atoms with Crippen molar-refractivity contribution in [2.45, 2.75) is 6.54 Å². The van der Waals surface area contributed by atoms with Crippen LogP contribution in [-0.2, 0) is 6.54 Å². The molecule has 1 aromatic carbocycles. The molecule has 1 aromatic heterocycles. The maximum Gasteiger partial charge on any atom is 0.130 e. The molecular formula is C13H13ClN2O. The number of methoxy groups -OCH3 is 1. The second-order valence-electron chi connectivity index (χ2n) is 3.59. The third-order valence-electron chi connectivity index (χ3n) is 2.47. The van der Waals surface area contributed by atoms with Crippen LogP contribution in [0.5, 0.6) is 5.75 Å². The van der Waals surface area contributed by atoms with Gasteiger partial charge < -0.3 is 10.5 Å². The number of nitrogens with two attached hydrogens (primary N) is 1. The molecule has 0 saturated carbocycles. The molecule has 0 aliphatic rings. The van der Waals surface area contributed by atoms with Gasteiger partial charge in [0.2, 0.25) is 0 Å². The smallest absolute Gasteiger partial charge is 0.130 e. The van der Waals surface area contributed by atoms with Gasteiger partial charge in [0.1, 0.15) is 10.9 Å². The van der Waals surface area contributed by atoms with E-state index in [1.807, 2.05) is 30.3 Å². The highest BCUT2D eigenvalue weighted by Crippen LogP contribution is 2.29. The van der Waals surface area contributed by atoms with Crippen molar-refractivity contribution in [3.05, 3.63) is 47.1 Å². The Morgan fingerprint density at radius 2 is 2.06 bits per heavy atom. The fraction of sp³-hybridized carbons (Fsp3) is 0.154. The van der Waals surface area contributed by atoms with Crippen LogP contribution < -0.4 is 10.5 Å². The summed E-state index contributed by atoms with van der Waals surface area (Å²) in [6.07, 6.45) is 0. The van der Waals surface area contributed by atoms with Crippen LogP contribution in [0.1, 0.15) is 5.56 Å². The van der Waals surface area contributed by atoms with Gasteiger partial charge in [-0.1, -0.05) is 23.7 Å². The first-order valence-electron chi connectivity index (χ1n) is 5.24. The first-order valence-corrected chi connectivity index (χ1v) is 5.62. The summed E-state index contributed by atoms with van der Waals surface area (Å²) in [6, 6.07) is 11.4. The van der Waals surface area contributed by atoms with Crippen molar-refractivity contribution in [1.29, 1.82) is 0 Å². The van der Waals surface area contributed by atoms with Crippen LogP contribution in [0.15, 0.2) is 36.4 Å². The number of pyridine rings is 1. The molecule has 0 fully saturated rings. The van der Waals surface area contributed by atoms with Crippen molar-refractivity contribution in [3.63, 3.8) is 0 Å². The van der Waals surface area contributed by atoms with Crippen molar-refractivity contribution in [3.8, 4) is 17.0 Å². The lowest BCUT2D eigenvalue weighted by Gasteiger charge is -2.09. The molecule has 1 heterocycles. The van der Waals surface area contributed by atoms with Crippen LogP contribution in [0.4, 0.5) is 0 Å². The summed E-state index contributed by atoms with van der Waals surface area (Å²) in [6.45, 7) is 0.435. The molecule has 0 aliphatic carbocycles. The van der Waals surface area contributed by atoms with Crippen LogP contribution >= 0.6 is 11.6 Å². The highest BCUT2D eigenvalue weighted by atomic mass is 35.5. The highest BCUT2D eigenvalue weighted by molar-refractivity contribution is 6.29. The molecule has 4 heteroatoms. The standard InChI is InChI=1S/C13H13ClN2O/c1-17-12-5-3-2-4-10(12)11-6-9(8-15)7-13(14)16-11/h2-7H,8,15H2,1H3. The molecule has 2 aromatic rings. The molecule has 2 rings (SSSR count). The second-order valence-corrected chi connectivity index (χ2v) is 3.98. The average Bonchev–Trinajstić information content (AvgIpc) is 2.37. The Labute approximate surface area is 105 Å². The summed E-state index contributed by atoms with van der Waals surface area (Å²) in [5.74, 6) is 0.769. The van der Waals surface area contributed by atoms with E-state index in [-0.39, 0.29) is 0 Å². The molecule has 0 saturated heterocycles. The minimum atomic E-state index is 0.435. The Hall–Kier alpha value is -1.58. The van der Waals surface area contributed by atoms with Gasteiger partial charge in [-0.05, 0) is 29.8 Å². The molecule has 0 atom stereocenters. The number of ether oxygens (including phenoxy) is 1. The Morgan fingerprint density at radius 3 is 2.76 bits per heavy atom. The number of hydrogen-bond acceptors (Lipinski definition) is 3. The van der Waals surface area contributed by atoms with Crippen LogP contribution in [0.25, 0.3) is 11.3 Å². The molecule has 88 valence electrons. The topological polar surface area (TPSA) is 48.1 Å².